The minimum Gasteiger partial charge on any atom is -0.444 e. The number of rotatable bonds is 7. The highest BCUT2D eigenvalue weighted by atomic mass is 32.2. The molecule has 0 atom stereocenters. The number of halogens is 6. The molecule has 0 saturated carbocycles. The molecule has 8 nitrogen and oxygen atoms in total. The van der Waals surface area contributed by atoms with Crippen molar-refractivity contribution >= 4 is 27.4 Å². The summed E-state index contributed by atoms with van der Waals surface area (Å²) in [7, 11) is -4.22. The first-order chi connectivity index (χ1) is 18.0. The van der Waals surface area contributed by atoms with E-state index in [0.717, 1.165) is 19.2 Å². The van der Waals surface area contributed by atoms with Crippen molar-refractivity contribution < 1.29 is 53.8 Å². The highest BCUT2D eigenvalue weighted by Gasteiger charge is 2.35. The van der Waals surface area contributed by atoms with Gasteiger partial charge < -0.3 is 9.47 Å². The van der Waals surface area contributed by atoms with Gasteiger partial charge in [-0.2, -0.15) is 13.2 Å². The van der Waals surface area contributed by atoms with E-state index in [1.165, 1.54) is 30.5 Å². The minimum atomic E-state index is -5.09. The quantitative estimate of drug-likeness (QED) is 0.215. The number of amides is 1. The number of carbonyl (C=O) groups is 2. The number of ether oxygens (including phenoxy) is 2. The topological polar surface area (TPSA) is 103 Å². The first-order valence-electron chi connectivity index (χ1n) is 10.6. The van der Waals surface area contributed by atoms with Gasteiger partial charge in [0.25, 0.3) is 5.91 Å². The largest absolute Gasteiger partial charge is 0.573 e. The molecule has 3 aromatic rings. The summed E-state index contributed by atoms with van der Waals surface area (Å²) in [4.78, 5) is 28.7. The Balaban J connectivity index is 2.24. The molecule has 2 aromatic carbocycles. The van der Waals surface area contributed by atoms with E-state index < -0.39 is 62.8 Å². The van der Waals surface area contributed by atoms with E-state index in [1.807, 2.05) is 0 Å². The van der Waals surface area contributed by atoms with Gasteiger partial charge in [0.2, 0.25) is 0 Å². The van der Waals surface area contributed by atoms with Gasteiger partial charge in [-0.3, -0.25) is 19.5 Å². The lowest BCUT2D eigenvalue weighted by Crippen LogP contribution is -2.35. The van der Waals surface area contributed by atoms with Crippen LogP contribution in [0.2, 0.25) is 0 Å². The second-order valence-corrected chi connectivity index (χ2v) is 9.97. The summed E-state index contributed by atoms with van der Waals surface area (Å²) in [5.41, 5.74) is -2.77. The number of nitrogens with zero attached hydrogens (tertiary/aromatic N) is 2. The molecule has 0 aliphatic heterocycles. The molecule has 0 unspecified atom stereocenters. The van der Waals surface area contributed by atoms with Crippen LogP contribution in [-0.2, 0) is 25.5 Å². The van der Waals surface area contributed by atoms with E-state index in [4.69, 9.17) is 4.74 Å². The Hall–Kier alpha value is -4.14. The molecule has 1 aromatic heterocycles. The van der Waals surface area contributed by atoms with E-state index in [0.29, 0.717) is 29.4 Å². The summed E-state index contributed by atoms with van der Waals surface area (Å²) in [5, 5.41) is 0. The molecule has 208 valence electrons. The first-order valence-corrected chi connectivity index (χ1v) is 12.5. The molecule has 39 heavy (non-hydrogen) atoms. The monoisotopic (exact) mass is 576 g/mol. The zero-order valence-electron chi connectivity index (χ0n) is 20.0. The van der Waals surface area contributed by atoms with Crippen LogP contribution in [0, 0.1) is 0 Å². The number of carbonyl (C=O) groups excluding carboxylic acids is 2. The Labute approximate surface area is 217 Å². The minimum absolute atomic E-state index is 0.0966. The van der Waals surface area contributed by atoms with Crippen molar-refractivity contribution in [3.05, 3.63) is 72.1 Å². The Morgan fingerprint density at radius 2 is 1.64 bits per heavy atom. The number of esters is 1. The number of hydrogen-bond acceptors (Lipinski definition) is 7. The number of para-hydroxylation sites is 1. The normalized spacial score (nSPS) is 12.1. The van der Waals surface area contributed by atoms with Crippen LogP contribution in [-0.4, -0.2) is 44.6 Å². The third-order valence-electron chi connectivity index (χ3n) is 5.04. The Kier molecular flexibility index (Phi) is 8.24. The lowest BCUT2D eigenvalue weighted by atomic mass is 10.0. The van der Waals surface area contributed by atoms with Crippen molar-refractivity contribution in [1.29, 1.82) is 0 Å². The zero-order chi connectivity index (χ0) is 29.2. The second kappa shape index (κ2) is 10.9. The van der Waals surface area contributed by atoms with Crippen molar-refractivity contribution in [3.8, 4) is 16.9 Å². The average Bonchev–Trinajstić information content (AvgIpc) is 2.82. The highest BCUT2D eigenvalue weighted by Crippen LogP contribution is 2.39. The zero-order valence-corrected chi connectivity index (χ0v) is 20.8. The molecule has 0 saturated heterocycles. The Morgan fingerprint density at radius 1 is 0.974 bits per heavy atom. The molecular weight excluding hydrogens is 558 g/mol. The van der Waals surface area contributed by atoms with E-state index in [1.54, 1.807) is 0 Å². The van der Waals surface area contributed by atoms with E-state index in [9.17, 15) is 44.3 Å². The Bertz CT molecular complexity index is 1510. The van der Waals surface area contributed by atoms with Crippen LogP contribution in [0.3, 0.4) is 0 Å². The maximum absolute atomic E-state index is 13.5. The van der Waals surface area contributed by atoms with Crippen LogP contribution in [0.4, 0.5) is 32.0 Å². The van der Waals surface area contributed by atoms with Crippen molar-refractivity contribution in [2.24, 2.45) is 0 Å². The number of alkyl halides is 6. The number of pyridine rings is 1. The molecule has 15 heteroatoms. The molecule has 0 fully saturated rings. The fourth-order valence-corrected chi connectivity index (χ4v) is 4.06. The lowest BCUT2D eigenvalue weighted by molar-refractivity contribution is -0.274. The van der Waals surface area contributed by atoms with Crippen molar-refractivity contribution in [2.75, 3.05) is 17.9 Å². The summed E-state index contributed by atoms with van der Waals surface area (Å²) in [6.07, 6.45) is -7.31. The molecule has 1 amide bonds. The van der Waals surface area contributed by atoms with Crippen LogP contribution in [0.15, 0.2) is 65.8 Å². The summed E-state index contributed by atoms with van der Waals surface area (Å²) >= 11 is 0. The predicted molar refractivity (Wildman–Crippen MR) is 124 cm³/mol. The third kappa shape index (κ3) is 7.46. The molecule has 0 bridgehead atoms. The number of sulfone groups is 1. The van der Waals surface area contributed by atoms with Crippen LogP contribution >= 0.6 is 0 Å². The average molecular weight is 576 g/mol. The number of benzene rings is 2. The first kappa shape index (κ1) is 29.4. The van der Waals surface area contributed by atoms with Gasteiger partial charge >= 0.3 is 18.5 Å². The predicted octanol–water partition coefficient (Wildman–Crippen LogP) is 5.24. The molecule has 0 N–H and O–H groups in total. The van der Waals surface area contributed by atoms with Gasteiger partial charge in [-0.05, 0) is 30.3 Å². The van der Waals surface area contributed by atoms with Gasteiger partial charge in [-0.25, -0.2) is 8.42 Å². The van der Waals surface area contributed by atoms with Crippen molar-refractivity contribution in [1.82, 2.24) is 4.98 Å². The van der Waals surface area contributed by atoms with Gasteiger partial charge in [0.05, 0.1) is 22.3 Å². The van der Waals surface area contributed by atoms with Gasteiger partial charge in [-0.15, -0.1) is 13.2 Å². The van der Waals surface area contributed by atoms with Gasteiger partial charge in [0.1, 0.15) is 5.75 Å². The second-order valence-electron chi connectivity index (χ2n) is 7.95. The van der Waals surface area contributed by atoms with Crippen LogP contribution in [0.1, 0.15) is 22.8 Å². The van der Waals surface area contributed by atoms with E-state index >= 15 is 0 Å². The summed E-state index contributed by atoms with van der Waals surface area (Å²) in [5.74, 6) is -2.84. The van der Waals surface area contributed by atoms with Crippen LogP contribution in [0.25, 0.3) is 11.1 Å². The number of aromatic nitrogens is 1. The molecule has 1 heterocycles. The maximum Gasteiger partial charge on any atom is 0.573 e. The van der Waals surface area contributed by atoms with Gasteiger partial charge in [-0.1, -0.05) is 18.2 Å². The smallest absolute Gasteiger partial charge is 0.444 e. The van der Waals surface area contributed by atoms with E-state index in [-0.39, 0.29) is 16.8 Å². The number of anilines is 1. The highest BCUT2D eigenvalue weighted by molar-refractivity contribution is 7.90. The number of hydrogen-bond donors (Lipinski definition) is 0. The van der Waals surface area contributed by atoms with Gasteiger partial charge in [0.15, 0.2) is 16.6 Å². The van der Waals surface area contributed by atoms with Crippen LogP contribution < -0.4 is 9.64 Å². The molecular formula is C24H18F6N2O6S. The van der Waals surface area contributed by atoms with Crippen molar-refractivity contribution in [3.63, 3.8) is 0 Å². The summed E-state index contributed by atoms with van der Waals surface area (Å²) in [6, 6.07) is 7.49. The molecule has 0 aliphatic carbocycles. The van der Waals surface area contributed by atoms with E-state index in [2.05, 4.69) is 9.72 Å². The summed E-state index contributed by atoms with van der Waals surface area (Å²) in [6.45, 7) is 0.0743. The lowest BCUT2D eigenvalue weighted by Gasteiger charge is -2.25. The van der Waals surface area contributed by atoms with Gasteiger partial charge in [0, 0.05) is 36.1 Å². The summed E-state index contributed by atoms with van der Waals surface area (Å²) < 4.78 is 113. The van der Waals surface area contributed by atoms with Crippen LogP contribution in [0.5, 0.6) is 5.75 Å². The molecule has 3 rings (SSSR count). The van der Waals surface area contributed by atoms with Crippen molar-refractivity contribution in [2.45, 2.75) is 24.4 Å². The fraction of sp³-hybridized carbons (Fsp3) is 0.208. The third-order valence-corrected chi connectivity index (χ3v) is 6.14. The maximum atomic E-state index is 13.5. The standard InChI is InChI=1S/C24H18F6N2O6S/c1-14(33)37-13-32(22(34)15-9-16(23(25,26)27)11-17(10-15)39(2,35)36)20-12-31-8-7-18(20)19-5-3-4-6-21(19)38-24(28,29)30/h3-12H,13H2,1-2H3. The molecule has 0 radical (unpaired) electrons. The fourth-order valence-electron chi connectivity index (χ4n) is 3.38. The molecule has 0 aliphatic rings. The Morgan fingerprint density at radius 3 is 2.23 bits per heavy atom. The molecule has 0 spiro atoms. The SMILES string of the molecule is CC(=O)OCN(C(=O)c1cc(C(F)(F)F)cc(S(C)(=O)=O)c1)c1cnccc1-c1ccccc1OC(F)(F)F.